The molecule has 0 saturated heterocycles. The number of halogens is 1. The Morgan fingerprint density at radius 3 is 2.47 bits per heavy atom. The maximum atomic E-state index is 6.26. The molecule has 0 spiro atoms. The minimum atomic E-state index is 0.297. The Balaban J connectivity index is 2.00. The van der Waals surface area contributed by atoms with Crippen molar-refractivity contribution in [1.29, 1.82) is 0 Å². The second-order valence-corrected chi connectivity index (χ2v) is 6.36. The second kappa shape index (κ2) is 6.25. The largest absolute Gasteiger partial charge is 0.308 e. The molecule has 0 aliphatic heterocycles. The van der Waals surface area contributed by atoms with Gasteiger partial charge < -0.3 is 10.2 Å². The second-order valence-electron chi connectivity index (χ2n) is 5.95. The van der Waals surface area contributed by atoms with Gasteiger partial charge in [-0.1, -0.05) is 42.6 Å². The van der Waals surface area contributed by atoms with Crippen LogP contribution in [0.4, 0.5) is 0 Å². The van der Waals surface area contributed by atoms with Crippen LogP contribution in [0.3, 0.4) is 0 Å². The molecule has 1 saturated carbocycles. The van der Waals surface area contributed by atoms with E-state index in [-0.39, 0.29) is 0 Å². The van der Waals surface area contributed by atoms with Crippen molar-refractivity contribution in [3.05, 3.63) is 34.9 Å². The zero-order valence-corrected chi connectivity index (χ0v) is 13.0. The third kappa shape index (κ3) is 3.31. The van der Waals surface area contributed by atoms with Crippen LogP contribution in [0.1, 0.15) is 44.2 Å². The summed E-state index contributed by atoms with van der Waals surface area (Å²) in [6.45, 7) is 3.23. The number of benzene rings is 1. The van der Waals surface area contributed by atoms with Crippen LogP contribution in [0.15, 0.2) is 24.3 Å². The first-order chi connectivity index (χ1) is 9.05. The fraction of sp³-hybridized carbons (Fsp3) is 0.625. The van der Waals surface area contributed by atoms with E-state index in [2.05, 4.69) is 43.4 Å². The number of nitrogens with zero attached hydrogens (tertiary/aromatic N) is 1. The molecule has 1 aromatic carbocycles. The lowest BCUT2D eigenvalue weighted by atomic mass is 9.95. The summed E-state index contributed by atoms with van der Waals surface area (Å²) in [5.41, 5.74) is 1.52. The van der Waals surface area contributed by atoms with Gasteiger partial charge in [-0.3, -0.25) is 0 Å². The molecule has 0 bridgehead atoms. The third-order valence-corrected chi connectivity index (χ3v) is 4.94. The van der Waals surface area contributed by atoms with Crippen molar-refractivity contribution < 1.29 is 0 Å². The first kappa shape index (κ1) is 14.8. The van der Waals surface area contributed by atoms with E-state index in [1.54, 1.807) is 0 Å². The summed E-state index contributed by atoms with van der Waals surface area (Å²) in [6, 6.07) is 8.41. The molecule has 3 heteroatoms. The molecule has 1 aliphatic rings. The van der Waals surface area contributed by atoms with Gasteiger partial charge in [0.15, 0.2) is 0 Å². The van der Waals surface area contributed by atoms with Crippen molar-refractivity contribution in [3.63, 3.8) is 0 Å². The lowest BCUT2D eigenvalue weighted by Gasteiger charge is -2.37. The standard InChI is InChI=1S/C16H25ClN2/c1-13(14-8-4-5-9-15(14)17)18-12-16(19(2)3)10-6-7-11-16/h4-5,8-9,13,18H,6-7,10-12H2,1-3H3. The summed E-state index contributed by atoms with van der Waals surface area (Å²) in [4.78, 5) is 2.40. The van der Waals surface area contributed by atoms with E-state index in [1.165, 1.54) is 31.2 Å². The highest BCUT2D eigenvalue weighted by Gasteiger charge is 2.35. The fourth-order valence-corrected chi connectivity index (χ4v) is 3.39. The van der Waals surface area contributed by atoms with Gasteiger partial charge in [0.05, 0.1) is 0 Å². The molecule has 1 aromatic rings. The maximum absolute atomic E-state index is 6.26. The average Bonchev–Trinajstić information content (AvgIpc) is 2.86. The van der Waals surface area contributed by atoms with Gasteiger partial charge in [-0.2, -0.15) is 0 Å². The summed E-state index contributed by atoms with van der Waals surface area (Å²) in [6.07, 6.45) is 5.28. The molecule has 106 valence electrons. The molecular formula is C16H25ClN2. The number of rotatable bonds is 5. The summed E-state index contributed by atoms with van der Waals surface area (Å²) in [7, 11) is 4.40. The molecule has 19 heavy (non-hydrogen) atoms. The van der Waals surface area contributed by atoms with Gasteiger partial charge in [-0.05, 0) is 45.5 Å². The van der Waals surface area contributed by atoms with Gasteiger partial charge in [0.1, 0.15) is 0 Å². The van der Waals surface area contributed by atoms with Gasteiger partial charge in [-0.15, -0.1) is 0 Å². The Kier molecular flexibility index (Phi) is 4.88. The van der Waals surface area contributed by atoms with Gasteiger partial charge in [-0.25, -0.2) is 0 Å². The van der Waals surface area contributed by atoms with E-state index in [1.807, 2.05) is 12.1 Å². The minimum absolute atomic E-state index is 0.297. The topological polar surface area (TPSA) is 15.3 Å². The van der Waals surface area contributed by atoms with Crippen molar-refractivity contribution in [2.75, 3.05) is 20.6 Å². The highest BCUT2D eigenvalue weighted by atomic mass is 35.5. The van der Waals surface area contributed by atoms with Gasteiger partial charge in [0, 0.05) is 23.1 Å². The van der Waals surface area contributed by atoms with E-state index in [0.29, 0.717) is 11.6 Å². The Morgan fingerprint density at radius 1 is 1.26 bits per heavy atom. The zero-order valence-electron chi connectivity index (χ0n) is 12.2. The lowest BCUT2D eigenvalue weighted by Crippen LogP contribution is -2.50. The van der Waals surface area contributed by atoms with E-state index < -0.39 is 0 Å². The molecule has 2 nitrogen and oxygen atoms in total. The molecule has 1 aliphatic carbocycles. The number of nitrogens with one attached hydrogen (secondary N) is 1. The molecule has 0 amide bonds. The van der Waals surface area contributed by atoms with Crippen molar-refractivity contribution in [2.24, 2.45) is 0 Å². The predicted octanol–water partition coefficient (Wildman–Crippen LogP) is 3.87. The molecule has 0 heterocycles. The molecule has 1 fully saturated rings. The maximum Gasteiger partial charge on any atom is 0.0453 e. The summed E-state index contributed by atoms with van der Waals surface area (Å²) in [5, 5.41) is 4.53. The Labute approximate surface area is 122 Å². The number of hydrogen-bond acceptors (Lipinski definition) is 2. The quantitative estimate of drug-likeness (QED) is 0.881. The zero-order chi connectivity index (χ0) is 13.9. The Hall–Kier alpha value is -0.570. The summed E-state index contributed by atoms with van der Waals surface area (Å²) < 4.78 is 0. The molecule has 2 rings (SSSR count). The van der Waals surface area contributed by atoms with Gasteiger partial charge in [0.2, 0.25) is 0 Å². The molecule has 1 atom stereocenters. The smallest absolute Gasteiger partial charge is 0.0453 e. The molecule has 0 aromatic heterocycles. The van der Waals surface area contributed by atoms with Crippen LogP contribution < -0.4 is 5.32 Å². The Morgan fingerprint density at radius 2 is 1.89 bits per heavy atom. The first-order valence-electron chi connectivity index (χ1n) is 7.20. The molecule has 1 unspecified atom stereocenters. The van der Waals surface area contributed by atoms with Gasteiger partial charge in [0.25, 0.3) is 0 Å². The normalized spacial score (nSPS) is 19.8. The molecule has 0 radical (unpaired) electrons. The minimum Gasteiger partial charge on any atom is -0.308 e. The van der Waals surface area contributed by atoms with E-state index in [9.17, 15) is 0 Å². The number of hydrogen-bond donors (Lipinski definition) is 1. The van der Waals surface area contributed by atoms with Crippen LogP contribution in [0.2, 0.25) is 5.02 Å². The van der Waals surface area contributed by atoms with Crippen LogP contribution in [0.5, 0.6) is 0 Å². The summed E-state index contributed by atoms with van der Waals surface area (Å²) >= 11 is 6.26. The van der Waals surface area contributed by atoms with Crippen LogP contribution in [0.25, 0.3) is 0 Å². The van der Waals surface area contributed by atoms with E-state index in [4.69, 9.17) is 11.6 Å². The lowest BCUT2D eigenvalue weighted by molar-refractivity contribution is 0.150. The van der Waals surface area contributed by atoms with Crippen molar-refractivity contribution >= 4 is 11.6 Å². The van der Waals surface area contributed by atoms with Crippen LogP contribution in [-0.4, -0.2) is 31.1 Å². The first-order valence-corrected chi connectivity index (χ1v) is 7.58. The predicted molar refractivity (Wildman–Crippen MR) is 82.8 cm³/mol. The average molecular weight is 281 g/mol. The van der Waals surface area contributed by atoms with Crippen molar-refractivity contribution in [2.45, 2.75) is 44.2 Å². The molecular weight excluding hydrogens is 256 g/mol. The monoisotopic (exact) mass is 280 g/mol. The highest BCUT2D eigenvalue weighted by Crippen LogP contribution is 2.34. The van der Waals surface area contributed by atoms with Crippen LogP contribution in [-0.2, 0) is 0 Å². The van der Waals surface area contributed by atoms with Crippen LogP contribution in [0, 0.1) is 0 Å². The van der Waals surface area contributed by atoms with Gasteiger partial charge >= 0.3 is 0 Å². The van der Waals surface area contributed by atoms with E-state index in [0.717, 1.165) is 11.6 Å². The fourth-order valence-electron chi connectivity index (χ4n) is 3.09. The summed E-state index contributed by atoms with van der Waals surface area (Å²) in [5.74, 6) is 0. The number of likely N-dealkylation sites (N-methyl/N-ethyl adjacent to an activating group) is 1. The Bertz CT molecular complexity index is 411. The third-order valence-electron chi connectivity index (χ3n) is 4.59. The highest BCUT2D eigenvalue weighted by molar-refractivity contribution is 6.31. The van der Waals surface area contributed by atoms with Crippen molar-refractivity contribution in [3.8, 4) is 0 Å². The van der Waals surface area contributed by atoms with E-state index >= 15 is 0 Å². The molecule has 1 N–H and O–H groups in total. The van der Waals surface area contributed by atoms with Crippen LogP contribution >= 0.6 is 11.6 Å². The SMILES string of the molecule is CC(NCC1(N(C)C)CCCC1)c1ccccc1Cl. The van der Waals surface area contributed by atoms with Crippen molar-refractivity contribution in [1.82, 2.24) is 10.2 Å².